The quantitative estimate of drug-likeness (QED) is 0.520. The van der Waals surface area contributed by atoms with Crippen molar-refractivity contribution in [2.45, 2.75) is 39.3 Å². The maximum absolute atomic E-state index is 13.4. The predicted octanol–water partition coefficient (Wildman–Crippen LogP) is 4.99. The molecule has 166 valence electrons. The number of aryl methyl sites for hydroxylation is 1. The number of hydrogen-bond donors (Lipinski definition) is 1. The standard InChI is InChI=1S/C27H30N2O3/c1-4-25(27(31)28-23-14-16-24(32-3)17-15-23)29(19-22-13-9-8-10-20(22)2)26(30)18-21-11-6-5-7-12-21/h5-17,25H,4,18-19H2,1-3H3,(H,28,31). The molecule has 0 fully saturated rings. The fourth-order valence-electron chi connectivity index (χ4n) is 3.66. The van der Waals surface area contributed by atoms with Gasteiger partial charge in [0.15, 0.2) is 0 Å². The van der Waals surface area contributed by atoms with Gasteiger partial charge < -0.3 is 15.0 Å². The molecule has 3 rings (SSSR count). The van der Waals surface area contributed by atoms with Gasteiger partial charge in [0, 0.05) is 12.2 Å². The maximum Gasteiger partial charge on any atom is 0.247 e. The van der Waals surface area contributed by atoms with Crippen LogP contribution >= 0.6 is 0 Å². The summed E-state index contributed by atoms with van der Waals surface area (Å²) < 4.78 is 5.18. The summed E-state index contributed by atoms with van der Waals surface area (Å²) in [4.78, 5) is 28.3. The highest BCUT2D eigenvalue weighted by Gasteiger charge is 2.29. The molecule has 0 aromatic heterocycles. The minimum absolute atomic E-state index is 0.0730. The van der Waals surface area contributed by atoms with Gasteiger partial charge in [-0.2, -0.15) is 0 Å². The van der Waals surface area contributed by atoms with E-state index in [0.29, 0.717) is 24.4 Å². The van der Waals surface area contributed by atoms with Crippen molar-refractivity contribution in [3.05, 3.63) is 95.6 Å². The van der Waals surface area contributed by atoms with Crippen LogP contribution in [-0.2, 0) is 22.6 Å². The third-order valence-electron chi connectivity index (χ3n) is 5.54. The first kappa shape index (κ1) is 23.1. The molecular formula is C27H30N2O3. The molecule has 2 amide bonds. The predicted molar refractivity (Wildman–Crippen MR) is 128 cm³/mol. The highest BCUT2D eigenvalue weighted by atomic mass is 16.5. The Kier molecular flexibility index (Phi) is 8.03. The van der Waals surface area contributed by atoms with E-state index < -0.39 is 6.04 Å². The van der Waals surface area contributed by atoms with E-state index in [-0.39, 0.29) is 18.2 Å². The molecule has 0 saturated carbocycles. The minimum atomic E-state index is -0.590. The highest BCUT2D eigenvalue weighted by molar-refractivity contribution is 5.97. The summed E-state index contributed by atoms with van der Waals surface area (Å²) in [5, 5.41) is 2.96. The number of hydrogen-bond acceptors (Lipinski definition) is 3. The van der Waals surface area contributed by atoms with E-state index in [1.54, 1.807) is 36.3 Å². The number of benzene rings is 3. The molecule has 1 N–H and O–H groups in total. The van der Waals surface area contributed by atoms with Crippen molar-refractivity contribution in [2.75, 3.05) is 12.4 Å². The fraction of sp³-hybridized carbons (Fsp3) is 0.259. The van der Waals surface area contributed by atoms with Crippen LogP contribution in [0.1, 0.15) is 30.0 Å². The molecule has 1 atom stereocenters. The lowest BCUT2D eigenvalue weighted by atomic mass is 10.0. The topological polar surface area (TPSA) is 58.6 Å². The van der Waals surface area contributed by atoms with Crippen LogP contribution < -0.4 is 10.1 Å². The van der Waals surface area contributed by atoms with Crippen molar-refractivity contribution in [1.82, 2.24) is 4.90 Å². The van der Waals surface area contributed by atoms with E-state index >= 15 is 0 Å². The SMILES string of the molecule is CCC(C(=O)Nc1ccc(OC)cc1)N(Cc1ccccc1C)C(=O)Cc1ccccc1. The molecule has 0 aliphatic heterocycles. The Bertz CT molecular complexity index is 1030. The van der Waals surface area contributed by atoms with Gasteiger partial charge >= 0.3 is 0 Å². The number of nitrogens with zero attached hydrogens (tertiary/aromatic N) is 1. The maximum atomic E-state index is 13.4. The number of carbonyl (C=O) groups is 2. The summed E-state index contributed by atoms with van der Waals surface area (Å²) >= 11 is 0. The molecule has 1 unspecified atom stereocenters. The van der Waals surface area contributed by atoms with Gasteiger partial charge in [0.1, 0.15) is 11.8 Å². The summed E-state index contributed by atoms with van der Waals surface area (Å²) in [5.41, 5.74) is 3.72. The van der Waals surface area contributed by atoms with Gasteiger partial charge in [-0.25, -0.2) is 0 Å². The Morgan fingerprint density at radius 1 is 0.938 bits per heavy atom. The van der Waals surface area contributed by atoms with E-state index in [2.05, 4.69) is 5.32 Å². The van der Waals surface area contributed by atoms with Crippen LogP contribution in [0.5, 0.6) is 5.75 Å². The Morgan fingerprint density at radius 3 is 2.22 bits per heavy atom. The van der Waals surface area contributed by atoms with Gasteiger partial charge in [-0.3, -0.25) is 9.59 Å². The van der Waals surface area contributed by atoms with Gasteiger partial charge in [0.05, 0.1) is 13.5 Å². The van der Waals surface area contributed by atoms with Crippen molar-refractivity contribution in [3.63, 3.8) is 0 Å². The second-order valence-corrected chi connectivity index (χ2v) is 7.75. The van der Waals surface area contributed by atoms with E-state index in [1.165, 1.54) is 0 Å². The van der Waals surface area contributed by atoms with Crippen LogP contribution in [-0.4, -0.2) is 29.9 Å². The molecule has 0 spiro atoms. The lowest BCUT2D eigenvalue weighted by molar-refractivity contribution is -0.139. The summed E-state index contributed by atoms with van der Waals surface area (Å²) in [5.74, 6) is 0.443. The van der Waals surface area contributed by atoms with Crippen LogP contribution in [0.15, 0.2) is 78.9 Å². The van der Waals surface area contributed by atoms with Crippen LogP contribution in [0.4, 0.5) is 5.69 Å². The summed E-state index contributed by atoms with van der Waals surface area (Å²) in [6.45, 7) is 4.33. The largest absolute Gasteiger partial charge is 0.497 e. The Morgan fingerprint density at radius 2 is 1.59 bits per heavy atom. The van der Waals surface area contributed by atoms with Gasteiger partial charge in [-0.05, 0) is 54.3 Å². The fourth-order valence-corrected chi connectivity index (χ4v) is 3.66. The number of ether oxygens (including phenoxy) is 1. The van der Waals surface area contributed by atoms with Crippen molar-refractivity contribution >= 4 is 17.5 Å². The summed E-state index contributed by atoms with van der Waals surface area (Å²) in [6.07, 6.45) is 0.757. The number of carbonyl (C=O) groups excluding carboxylic acids is 2. The molecule has 0 aliphatic carbocycles. The molecule has 3 aromatic carbocycles. The highest BCUT2D eigenvalue weighted by Crippen LogP contribution is 2.20. The zero-order valence-electron chi connectivity index (χ0n) is 18.9. The molecule has 0 radical (unpaired) electrons. The van der Waals surface area contributed by atoms with Crippen molar-refractivity contribution < 1.29 is 14.3 Å². The summed E-state index contributed by atoms with van der Waals surface area (Å²) in [6, 6.07) is 24.2. The van der Waals surface area contributed by atoms with Crippen LogP contribution in [0.2, 0.25) is 0 Å². The number of methoxy groups -OCH3 is 1. The number of amides is 2. The van der Waals surface area contributed by atoms with E-state index in [0.717, 1.165) is 16.7 Å². The number of nitrogens with one attached hydrogen (secondary N) is 1. The van der Waals surface area contributed by atoms with E-state index in [9.17, 15) is 9.59 Å². The van der Waals surface area contributed by atoms with Crippen LogP contribution in [0.25, 0.3) is 0 Å². The number of rotatable bonds is 9. The summed E-state index contributed by atoms with van der Waals surface area (Å²) in [7, 11) is 1.60. The van der Waals surface area contributed by atoms with Crippen LogP contribution in [0, 0.1) is 6.92 Å². The van der Waals surface area contributed by atoms with E-state index in [1.807, 2.05) is 68.4 Å². The molecule has 5 nitrogen and oxygen atoms in total. The Balaban J connectivity index is 1.85. The Hall–Kier alpha value is -3.60. The average molecular weight is 431 g/mol. The molecule has 5 heteroatoms. The normalized spacial score (nSPS) is 11.5. The molecule has 3 aromatic rings. The third-order valence-corrected chi connectivity index (χ3v) is 5.54. The zero-order chi connectivity index (χ0) is 22.9. The lowest BCUT2D eigenvalue weighted by Crippen LogP contribution is -2.47. The molecule has 0 aliphatic rings. The van der Waals surface area contributed by atoms with E-state index in [4.69, 9.17) is 4.74 Å². The second-order valence-electron chi connectivity index (χ2n) is 7.75. The monoisotopic (exact) mass is 430 g/mol. The van der Waals surface area contributed by atoms with Crippen molar-refractivity contribution in [1.29, 1.82) is 0 Å². The first-order valence-electron chi connectivity index (χ1n) is 10.8. The average Bonchev–Trinajstić information content (AvgIpc) is 2.81. The van der Waals surface area contributed by atoms with Gasteiger partial charge in [0.2, 0.25) is 11.8 Å². The van der Waals surface area contributed by atoms with Gasteiger partial charge in [0.25, 0.3) is 0 Å². The molecule has 0 saturated heterocycles. The van der Waals surface area contributed by atoms with Crippen molar-refractivity contribution in [3.8, 4) is 5.75 Å². The van der Waals surface area contributed by atoms with Crippen molar-refractivity contribution in [2.24, 2.45) is 0 Å². The number of anilines is 1. The van der Waals surface area contributed by atoms with Gasteiger partial charge in [-0.15, -0.1) is 0 Å². The first-order valence-corrected chi connectivity index (χ1v) is 10.8. The third kappa shape index (κ3) is 5.97. The van der Waals surface area contributed by atoms with Gasteiger partial charge in [-0.1, -0.05) is 61.5 Å². The smallest absolute Gasteiger partial charge is 0.247 e. The first-order chi connectivity index (χ1) is 15.5. The second kappa shape index (κ2) is 11.1. The molecule has 0 heterocycles. The Labute approximate surface area is 190 Å². The molecule has 32 heavy (non-hydrogen) atoms. The van der Waals surface area contributed by atoms with Crippen LogP contribution in [0.3, 0.4) is 0 Å². The molecular weight excluding hydrogens is 400 g/mol. The lowest BCUT2D eigenvalue weighted by Gasteiger charge is -2.31. The zero-order valence-corrected chi connectivity index (χ0v) is 18.9. The minimum Gasteiger partial charge on any atom is -0.497 e. The molecule has 0 bridgehead atoms.